The minimum Gasteiger partial charge on any atom is -0.488 e. The molecule has 10 N–H and O–H groups in total. The lowest BCUT2D eigenvalue weighted by Gasteiger charge is -2.35. The van der Waals surface area contributed by atoms with Gasteiger partial charge in [-0.3, -0.25) is 48.1 Å². The van der Waals surface area contributed by atoms with E-state index in [0.29, 0.717) is 98.3 Å². The first-order valence-electron chi connectivity index (χ1n) is 38.0. The number of para-hydroxylation sites is 1. The molecule has 7 rings (SSSR count). The SMILES string of the molecule is CC(=O)N[C@@H](Cc1cn(C(=O)OC(C)(C)C)c2ccccc12)C(=O)C[C@@H](Cc1ccc(OC(C)(C)C)cc1)C(=O)N[C@@H](CCCN=C(N)NS(=O)(=O)c1c(C)c(C)c2c(c1C)CCC(C)(C)O2)C(=O)CCC(=O)N[C@@H](CCCN=C(N)NS(=O)(=O)c1c(C)c(C)c2c(c1C)CCC(C)(C)O2)C(=O)C[C@@H](CC(C)C)C(=O)O. The van der Waals surface area contributed by atoms with Crippen LogP contribution in [0.2, 0.25) is 0 Å². The van der Waals surface area contributed by atoms with E-state index >= 15 is 9.59 Å². The van der Waals surface area contributed by atoms with E-state index in [-0.39, 0.29) is 73.7 Å². The Kier molecular flexibility index (Phi) is 29.1. The fourth-order valence-electron chi connectivity index (χ4n) is 14.3. The summed E-state index contributed by atoms with van der Waals surface area (Å²) in [5.41, 5.74) is 16.7. The molecule has 2 aliphatic rings. The number of benzene rings is 4. The molecule has 3 heterocycles. The number of ether oxygens (including phenoxy) is 4. The van der Waals surface area contributed by atoms with Crippen molar-refractivity contribution in [1.29, 1.82) is 0 Å². The van der Waals surface area contributed by atoms with Gasteiger partial charge in [0, 0.05) is 69.6 Å². The Labute approximate surface area is 653 Å². The maximum atomic E-state index is 15.3. The quantitative estimate of drug-likeness (QED) is 0.0108. The first-order valence-corrected chi connectivity index (χ1v) is 41.0. The standard InChI is InChI=1S/C82H116N10O17S2/c1-46(2)40-56(75(99)100)44-67(95)63(26-23-39-86-77(84)91-111(104,105)73-50(6)48(4)71-60(52(73)8)35-37-82(18,19)108-71)88-69(97)33-32-66(94)62(25-22-38-85-76(83)90-110(102,103)72-49(5)47(3)70-59(51(72)7)34-36-81(16,17)107-70)89-74(98)55(41-54-28-30-58(31-29-54)106-79(10,11)12)43-68(96)64(87-53(9)93)42-57-45-92(78(101)109-80(13,14)15)65-27-21-20-24-61(57)65/h20-21,24,27-31,45-46,55-56,62-64H,22-23,25-26,32-44H2,1-19H3,(H,87,93)(H,88,97)(H,89,98)(H,99,100)(H3,83,85,90)(H3,84,86,91)/t55-,56-,62+,63+,64+/m1/s1. The Balaban J connectivity index is 1.17. The summed E-state index contributed by atoms with van der Waals surface area (Å²) in [6, 6.07) is 9.92. The molecule has 0 spiro atoms. The number of carboxylic acids is 1. The number of aliphatic imine (C=N–C) groups is 2. The minimum absolute atomic E-state index is 0.0120. The maximum Gasteiger partial charge on any atom is 0.419 e. The molecular weight excluding hydrogens is 1460 g/mol. The molecule has 4 aromatic carbocycles. The summed E-state index contributed by atoms with van der Waals surface area (Å²) in [5.74, 6) is -6.77. The average Bonchev–Trinajstić information content (AvgIpc) is 1.60. The van der Waals surface area contributed by atoms with Gasteiger partial charge in [0.25, 0.3) is 20.0 Å². The Morgan fingerprint density at radius 3 is 1.58 bits per heavy atom. The molecule has 0 unspecified atom stereocenters. The first kappa shape index (κ1) is 88.8. The summed E-state index contributed by atoms with van der Waals surface area (Å²) < 4.78 is 87.2. The molecule has 3 amide bonds. The molecule has 608 valence electrons. The number of Topliss-reactive ketones (excluding diaryl/α,β-unsaturated/α-hetero) is 3. The zero-order chi connectivity index (χ0) is 82.8. The average molecular weight is 1580 g/mol. The summed E-state index contributed by atoms with van der Waals surface area (Å²) >= 11 is 0. The number of rotatable bonds is 34. The molecule has 0 bridgehead atoms. The summed E-state index contributed by atoms with van der Waals surface area (Å²) in [5, 5.41) is 19.1. The number of carboxylic acid groups (broad SMARTS) is 1. The number of guanidine groups is 2. The monoisotopic (exact) mass is 1580 g/mol. The van der Waals surface area contributed by atoms with E-state index in [1.54, 1.807) is 117 Å². The van der Waals surface area contributed by atoms with Gasteiger partial charge in [0.15, 0.2) is 17.3 Å². The van der Waals surface area contributed by atoms with Gasteiger partial charge >= 0.3 is 12.1 Å². The topological polar surface area (TPSA) is 404 Å². The van der Waals surface area contributed by atoms with Crippen molar-refractivity contribution >= 4 is 90.0 Å². The van der Waals surface area contributed by atoms with Gasteiger partial charge in [0.1, 0.15) is 39.7 Å². The summed E-state index contributed by atoms with van der Waals surface area (Å²) in [6.07, 6.45) is 0.999. The van der Waals surface area contributed by atoms with Crippen LogP contribution in [0.5, 0.6) is 17.2 Å². The lowest BCUT2D eigenvalue weighted by atomic mass is 9.88. The highest BCUT2D eigenvalue weighted by Crippen LogP contribution is 2.44. The molecule has 29 heteroatoms. The molecule has 2 aliphatic heterocycles. The van der Waals surface area contributed by atoms with Crippen LogP contribution in [0.3, 0.4) is 0 Å². The fraction of sp³-hybridized carbons (Fsp3) is 0.561. The molecule has 1 aromatic heterocycles. The van der Waals surface area contributed by atoms with Crippen molar-refractivity contribution in [3.63, 3.8) is 0 Å². The van der Waals surface area contributed by atoms with Gasteiger partial charge in [0.2, 0.25) is 29.6 Å². The molecule has 5 aromatic rings. The van der Waals surface area contributed by atoms with Crippen LogP contribution in [0, 0.1) is 59.3 Å². The molecule has 0 aliphatic carbocycles. The van der Waals surface area contributed by atoms with Crippen LogP contribution in [0.1, 0.15) is 216 Å². The number of aromatic nitrogens is 1. The number of ketones is 3. The van der Waals surface area contributed by atoms with E-state index in [1.165, 1.54) is 11.5 Å². The summed E-state index contributed by atoms with van der Waals surface area (Å²) in [6.45, 7) is 33.7. The van der Waals surface area contributed by atoms with Crippen molar-refractivity contribution in [3.8, 4) is 17.2 Å². The lowest BCUT2D eigenvalue weighted by molar-refractivity contribution is -0.144. The van der Waals surface area contributed by atoms with E-state index < -0.39 is 157 Å². The Morgan fingerprint density at radius 1 is 0.613 bits per heavy atom. The number of nitrogens with two attached hydrogens (primary N) is 2. The number of fused-ring (bicyclic) bond motifs is 3. The van der Waals surface area contributed by atoms with Crippen LogP contribution in [0.15, 0.2) is 74.5 Å². The van der Waals surface area contributed by atoms with Gasteiger partial charge in [-0.2, -0.15) is 0 Å². The second-order valence-electron chi connectivity index (χ2n) is 33.2. The lowest BCUT2D eigenvalue weighted by Crippen LogP contribution is -2.47. The molecule has 0 saturated heterocycles. The minimum atomic E-state index is -4.34. The van der Waals surface area contributed by atoms with E-state index in [9.17, 15) is 50.7 Å². The van der Waals surface area contributed by atoms with Crippen molar-refractivity contribution in [2.75, 3.05) is 13.1 Å². The van der Waals surface area contributed by atoms with Gasteiger partial charge < -0.3 is 51.5 Å². The summed E-state index contributed by atoms with van der Waals surface area (Å²) in [4.78, 5) is 122. The van der Waals surface area contributed by atoms with Crippen LogP contribution in [0.25, 0.3) is 10.9 Å². The van der Waals surface area contributed by atoms with Crippen LogP contribution in [-0.2, 0) is 84.0 Å². The third-order valence-electron chi connectivity index (χ3n) is 20.0. The van der Waals surface area contributed by atoms with E-state index in [4.69, 9.17) is 30.4 Å². The largest absolute Gasteiger partial charge is 0.488 e. The van der Waals surface area contributed by atoms with Gasteiger partial charge in [-0.1, -0.05) is 44.2 Å². The zero-order valence-electron chi connectivity index (χ0n) is 68.0. The van der Waals surface area contributed by atoms with Crippen molar-refractivity contribution in [1.82, 2.24) is 30.0 Å². The number of nitrogens with zero attached hydrogens (tertiary/aromatic N) is 3. The number of amides is 3. The number of carbonyl (C=O) groups is 8. The summed E-state index contributed by atoms with van der Waals surface area (Å²) in [7, 11) is -8.64. The van der Waals surface area contributed by atoms with Gasteiger partial charge in [-0.05, 0) is 255 Å². The van der Waals surface area contributed by atoms with Crippen LogP contribution in [0.4, 0.5) is 4.79 Å². The fourth-order valence-corrected chi connectivity index (χ4v) is 17.4. The smallest absolute Gasteiger partial charge is 0.419 e. The number of hydrogen-bond acceptors (Lipinski definition) is 18. The normalized spacial score (nSPS) is 15.8. The molecule has 5 atom stereocenters. The predicted molar refractivity (Wildman–Crippen MR) is 426 cm³/mol. The third kappa shape index (κ3) is 24.3. The van der Waals surface area contributed by atoms with E-state index in [0.717, 1.165) is 11.1 Å². The number of sulfonamides is 2. The third-order valence-corrected chi connectivity index (χ3v) is 23.3. The van der Waals surface area contributed by atoms with Crippen molar-refractivity contribution < 1.29 is 79.2 Å². The molecule has 0 radical (unpaired) electrons. The molecular formula is C82H116N10O17S2. The second kappa shape index (κ2) is 36.4. The zero-order valence-corrected chi connectivity index (χ0v) is 69.6. The number of hydrogen-bond donors (Lipinski definition) is 8. The number of aliphatic carboxylic acids is 1. The first-order chi connectivity index (χ1) is 51.5. The van der Waals surface area contributed by atoms with Crippen molar-refractivity contribution in [2.45, 2.75) is 278 Å². The van der Waals surface area contributed by atoms with Crippen molar-refractivity contribution in [2.24, 2.45) is 39.2 Å². The maximum absolute atomic E-state index is 15.3. The molecule has 27 nitrogen and oxygen atoms in total. The van der Waals surface area contributed by atoms with Gasteiger partial charge in [0.05, 0.1) is 39.4 Å². The van der Waals surface area contributed by atoms with E-state index in [1.807, 2.05) is 62.3 Å². The van der Waals surface area contributed by atoms with Crippen molar-refractivity contribution in [3.05, 3.63) is 110 Å². The molecule has 0 fully saturated rings. The Bertz CT molecular complexity index is 4640. The molecule has 0 saturated carbocycles. The highest BCUT2D eigenvalue weighted by molar-refractivity contribution is 7.90. The van der Waals surface area contributed by atoms with Crippen LogP contribution < -0.4 is 51.1 Å². The molecule has 111 heavy (non-hydrogen) atoms. The van der Waals surface area contributed by atoms with Crippen LogP contribution in [-0.4, -0.2) is 139 Å². The van der Waals surface area contributed by atoms with E-state index in [2.05, 4.69) is 35.4 Å². The van der Waals surface area contributed by atoms with Gasteiger partial charge in [-0.15, -0.1) is 0 Å². The Morgan fingerprint density at radius 2 is 1.10 bits per heavy atom. The highest BCUT2D eigenvalue weighted by Gasteiger charge is 2.38. The van der Waals surface area contributed by atoms with Crippen LogP contribution >= 0.6 is 0 Å². The van der Waals surface area contributed by atoms with Gasteiger partial charge in [-0.25, -0.2) is 31.1 Å². The highest BCUT2D eigenvalue weighted by atomic mass is 32.2. The second-order valence-corrected chi connectivity index (χ2v) is 36.4. The Hall–Kier alpha value is -9.38. The number of nitrogens with one attached hydrogen (secondary N) is 5. The number of carbonyl (C=O) groups excluding carboxylic acids is 7. The predicted octanol–water partition coefficient (Wildman–Crippen LogP) is 10.7.